The van der Waals surface area contributed by atoms with E-state index < -0.39 is 16.6 Å². The summed E-state index contributed by atoms with van der Waals surface area (Å²) in [5.74, 6) is 0. The molecule has 0 radical (unpaired) electrons. The number of alkyl halides is 2. The van der Waals surface area contributed by atoms with Gasteiger partial charge in [0.05, 0.1) is 11.1 Å². The Labute approximate surface area is 108 Å². The van der Waals surface area contributed by atoms with Crippen LogP contribution in [0.15, 0.2) is 41.6 Å². The summed E-state index contributed by atoms with van der Waals surface area (Å²) < 4.78 is 51.3. The van der Waals surface area contributed by atoms with Crippen LogP contribution in [-0.2, 0) is 10.0 Å². The molecule has 1 aromatic heterocycles. The highest BCUT2D eigenvalue weighted by atomic mass is 32.2. The van der Waals surface area contributed by atoms with Crippen molar-refractivity contribution in [1.29, 1.82) is 0 Å². The van der Waals surface area contributed by atoms with Gasteiger partial charge in [0, 0.05) is 17.3 Å². The second-order valence-electron chi connectivity index (χ2n) is 3.69. The van der Waals surface area contributed by atoms with E-state index in [1.54, 1.807) is 12.1 Å². The van der Waals surface area contributed by atoms with E-state index in [9.17, 15) is 17.2 Å². The number of sulfonamides is 1. The molecule has 2 aromatic rings. The third-order valence-corrected chi connectivity index (χ3v) is 4.03. The van der Waals surface area contributed by atoms with Gasteiger partial charge in [-0.25, -0.2) is 17.8 Å². The molecule has 1 aromatic carbocycles. The fourth-order valence-corrected chi connectivity index (χ4v) is 2.59. The molecular formula is C11H11F2N3O2S. The number of halogens is 2. The second kappa shape index (κ2) is 5.06. The van der Waals surface area contributed by atoms with Crippen molar-refractivity contribution in [1.82, 2.24) is 14.5 Å². The minimum atomic E-state index is -3.66. The fourth-order valence-electron chi connectivity index (χ4n) is 1.63. The summed E-state index contributed by atoms with van der Waals surface area (Å²) in [6.07, 6.45) is 2.31. The van der Waals surface area contributed by atoms with Gasteiger partial charge in [-0.05, 0) is 13.1 Å². The molecule has 0 amide bonds. The first-order valence-electron chi connectivity index (χ1n) is 5.31. The first-order chi connectivity index (χ1) is 8.95. The fraction of sp³-hybridized carbons (Fsp3) is 0.182. The molecule has 0 fully saturated rings. The largest absolute Gasteiger partial charge is 0.333 e. The van der Waals surface area contributed by atoms with Crippen LogP contribution in [0.4, 0.5) is 8.78 Å². The number of rotatable bonds is 4. The molecule has 0 aliphatic carbocycles. The maximum absolute atomic E-state index is 12.5. The average molecular weight is 287 g/mol. The molecular weight excluding hydrogens is 276 g/mol. The average Bonchev–Trinajstić information content (AvgIpc) is 2.88. The molecule has 102 valence electrons. The van der Waals surface area contributed by atoms with Gasteiger partial charge in [0.15, 0.2) is 0 Å². The van der Waals surface area contributed by atoms with E-state index in [4.69, 9.17) is 0 Å². The van der Waals surface area contributed by atoms with Crippen molar-refractivity contribution in [2.75, 3.05) is 7.05 Å². The van der Waals surface area contributed by atoms with E-state index in [2.05, 4.69) is 9.82 Å². The van der Waals surface area contributed by atoms with Crippen LogP contribution >= 0.6 is 0 Å². The molecule has 5 nitrogen and oxygen atoms in total. The molecule has 8 heteroatoms. The quantitative estimate of drug-likeness (QED) is 0.933. The van der Waals surface area contributed by atoms with E-state index in [1.165, 1.54) is 25.4 Å². The van der Waals surface area contributed by atoms with Gasteiger partial charge in [0.25, 0.3) is 0 Å². The first-order valence-corrected chi connectivity index (χ1v) is 6.79. The van der Waals surface area contributed by atoms with E-state index >= 15 is 0 Å². The van der Waals surface area contributed by atoms with Crippen LogP contribution < -0.4 is 4.72 Å². The summed E-state index contributed by atoms with van der Waals surface area (Å²) in [5.41, 5.74) is 0.637. The number of aromatic nitrogens is 2. The van der Waals surface area contributed by atoms with Crippen molar-refractivity contribution in [3.8, 4) is 11.1 Å². The molecule has 0 aliphatic rings. The predicted molar refractivity (Wildman–Crippen MR) is 65.2 cm³/mol. The van der Waals surface area contributed by atoms with E-state index in [1.807, 2.05) is 0 Å². The number of hydrogen-bond donors (Lipinski definition) is 1. The molecule has 0 atom stereocenters. The Morgan fingerprint density at radius 1 is 1.32 bits per heavy atom. The van der Waals surface area contributed by atoms with Crippen LogP contribution in [0.25, 0.3) is 11.1 Å². The molecule has 0 aliphatic heterocycles. The van der Waals surface area contributed by atoms with Gasteiger partial charge in [-0.15, -0.1) is 0 Å². The standard InChI is InChI=1S/C11H11F2N3O2S/c1-14-19(17,18)10-5-3-2-4-9(10)8-6-15-16(7-8)11(12)13/h2-7,11,14H,1H3. The summed E-state index contributed by atoms with van der Waals surface area (Å²) in [6.45, 7) is -2.76. The van der Waals surface area contributed by atoms with Gasteiger partial charge in [-0.1, -0.05) is 18.2 Å². The smallest absolute Gasteiger partial charge is 0.214 e. The lowest BCUT2D eigenvalue weighted by molar-refractivity contribution is 0.0566. The number of hydrogen-bond acceptors (Lipinski definition) is 3. The maximum Gasteiger partial charge on any atom is 0.333 e. The van der Waals surface area contributed by atoms with Crippen molar-refractivity contribution < 1.29 is 17.2 Å². The Bertz CT molecular complexity index is 683. The highest BCUT2D eigenvalue weighted by Gasteiger charge is 2.18. The van der Waals surface area contributed by atoms with Crippen LogP contribution in [0.1, 0.15) is 6.55 Å². The first kappa shape index (κ1) is 13.6. The SMILES string of the molecule is CNS(=O)(=O)c1ccccc1-c1cnn(C(F)F)c1. The normalized spacial score (nSPS) is 12.0. The van der Waals surface area contributed by atoms with E-state index in [0.29, 0.717) is 15.8 Å². The van der Waals surface area contributed by atoms with Gasteiger partial charge in [0.1, 0.15) is 0 Å². The van der Waals surface area contributed by atoms with Gasteiger partial charge in [-0.3, -0.25) is 0 Å². The monoisotopic (exact) mass is 287 g/mol. The molecule has 0 bridgehead atoms. The molecule has 19 heavy (non-hydrogen) atoms. The van der Waals surface area contributed by atoms with Crippen molar-refractivity contribution >= 4 is 10.0 Å². The van der Waals surface area contributed by atoms with E-state index in [0.717, 1.165) is 6.20 Å². The summed E-state index contributed by atoms with van der Waals surface area (Å²) in [6, 6.07) is 6.13. The van der Waals surface area contributed by atoms with E-state index in [-0.39, 0.29) is 4.90 Å². The van der Waals surface area contributed by atoms with Gasteiger partial charge in [0.2, 0.25) is 10.0 Å². The molecule has 0 saturated heterocycles. The zero-order valence-electron chi connectivity index (χ0n) is 9.92. The highest BCUT2D eigenvalue weighted by molar-refractivity contribution is 7.89. The van der Waals surface area contributed by atoms with Gasteiger partial charge < -0.3 is 0 Å². The lowest BCUT2D eigenvalue weighted by atomic mass is 10.1. The summed E-state index contributed by atoms with van der Waals surface area (Å²) in [4.78, 5) is 0.0197. The van der Waals surface area contributed by atoms with Crippen molar-refractivity contribution in [2.24, 2.45) is 0 Å². The third kappa shape index (κ3) is 2.64. The second-order valence-corrected chi connectivity index (χ2v) is 5.55. The lowest BCUT2D eigenvalue weighted by Gasteiger charge is -2.07. The Morgan fingerprint density at radius 3 is 2.58 bits per heavy atom. The minimum Gasteiger partial charge on any atom is -0.214 e. The molecule has 1 N–H and O–H groups in total. The Balaban J connectivity index is 2.56. The van der Waals surface area contributed by atoms with Crippen LogP contribution in [0.3, 0.4) is 0 Å². The number of nitrogens with zero attached hydrogens (tertiary/aromatic N) is 2. The Hall–Kier alpha value is -1.80. The van der Waals surface area contributed by atoms with Crippen LogP contribution in [0.5, 0.6) is 0 Å². The van der Waals surface area contributed by atoms with Crippen LogP contribution in [0, 0.1) is 0 Å². The van der Waals surface area contributed by atoms with Gasteiger partial charge in [-0.2, -0.15) is 13.9 Å². The topological polar surface area (TPSA) is 64.0 Å². The molecule has 0 unspecified atom stereocenters. The van der Waals surface area contributed by atoms with Crippen molar-refractivity contribution in [3.05, 3.63) is 36.7 Å². The predicted octanol–water partition coefficient (Wildman–Crippen LogP) is 1.85. The molecule has 2 rings (SSSR count). The van der Waals surface area contributed by atoms with Crippen LogP contribution in [-0.4, -0.2) is 25.2 Å². The zero-order chi connectivity index (χ0) is 14.0. The van der Waals surface area contributed by atoms with Crippen molar-refractivity contribution in [2.45, 2.75) is 11.4 Å². The minimum absolute atomic E-state index is 0.0197. The number of nitrogens with one attached hydrogen (secondary N) is 1. The van der Waals surface area contributed by atoms with Gasteiger partial charge >= 0.3 is 6.55 Å². The zero-order valence-corrected chi connectivity index (χ0v) is 10.7. The third-order valence-electron chi connectivity index (χ3n) is 2.56. The number of benzene rings is 1. The maximum atomic E-state index is 12.5. The Morgan fingerprint density at radius 2 is 2.00 bits per heavy atom. The summed E-state index contributed by atoms with van der Waals surface area (Å²) in [5, 5.41) is 3.49. The van der Waals surface area contributed by atoms with Crippen LogP contribution in [0.2, 0.25) is 0 Å². The highest BCUT2D eigenvalue weighted by Crippen LogP contribution is 2.27. The summed E-state index contributed by atoms with van der Waals surface area (Å²) >= 11 is 0. The molecule has 0 saturated carbocycles. The Kier molecular flexibility index (Phi) is 3.63. The molecule has 1 heterocycles. The molecule has 0 spiro atoms. The van der Waals surface area contributed by atoms with Crippen molar-refractivity contribution in [3.63, 3.8) is 0 Å². The summed E-state index contributed by atoms with van der Waals surface area (Å²) in [7, 11) is -2.38. The lowest BCUT2D eigenvalue weighted by Crippen LogP contribution is -2.19.